The molecule has 0 spiro atoms. The summed E-state index contributed by atoms with van der Waals surface area (Å²) in [6, 6.07) is -0.430. The first kappa shape index (κ1) is 31.0. The number of fused-ring (bicyclic) bond motifs is 1. The summed E-state index contributed by atoms with van der Waals surface area (Å²) in [5, 5.41) is 16.9. The standard InChI is InChI=1S/C26H42N6O4.2ClH/c1-3-35-25(33)22-12-20-11-17(9-10-19(20)14-27-22)15-31-16-21(13-23(31)26(34)36-4-2)32-29-24(28-30-32)18-7-5-6-8-18;;/h17-23,27H,3-16H2,1-2H3;2*1H/t17-,19-,20+,21-,22-,23-;;/m0../s1. The third-order valence-corrected chi connectivity index (χ3v) is 8.91. The smallest absolute Gasteiger partial charge is 0.323 e. The van der Waals surface area contributed by atoms with Gasteiger partial charge in [-0.3, -0.25) is 14.5 Å². The number of tetrazole rings is 1. The maximum Gasteiger partial charge on any atom is 0.323 e. The van der Waals surface area contributed by atoms with E-state index in [1.807, 2.05) is 13.8 Å². The predicted molar refractivity (Wildman–Crippen MR) is 147 cm³/mol. The Kier molecular flexibility index (Phi) is 11.6. The van der Waals surface area contributed by atoms with Crippen LogP contribution in [0.25, 0.3) is 0 Å². The van der Waals surface area contributed by atoms with Crippen molar-refractivity contribution in [3.8, 4) is 0 Å². The highest BCUT2D eigenvalue weighted by Crippen LogP contribution is 2.40. The lowest BCUT2D eigenvalue weighted by Gasteiger charge is -2.43. The molecule has 12 heteroatoms. The van der Waals surface area contributed by atoms with E-state index in [-0.39, 0.29) is 54.9 Å². The molecule has 10 nitrogen and oxygen atoms in total. The molecule has 1 N–H and O–H groups in total. The van der Waals surface area contributed by atoms with Gasteiger partial charge in [-0.15, -0.1) is 35.0 Å². The Balaban J connectivity index is 0.00000200. The van der Waals surface area contributed by atoms with Gasteiger partial charge in [0.05, 0.1) is 19.3 Å². The lowest BCUT2D eigenvalue weighted by molar-refractivity contribution is -0.149. The van der Waals surface area contributed by atoms with E-state index in [4.69, 9.17) is 14.6 Å². The average molecular weight is 576 g/mol. The normalized spacial score (nSPS) is 31.6. The molecule has 5 rings (SSSR count). The van der Waals surface area contributed by atoms with Crippen molar-refractivity contribution in [3.05, 3.63) is 5.82 Å². The first-order chi connectivity index (χ1) is 17.6. The second-order valence-corrected chi connectivity index (χ2v) is 11.2. The van der Waals surface area contributed by atoms with Gasteiger partial charge >= 0.3 is 11.9 Å². The average Bonchev–Trinajstić information content (AvgIpc) is 3.64. The van der Waals surface area contributed by atoms with Crippen LogP contribution in [0.15, 0.2) is 0 Å². The van der Waals surface area contributed by atoms with Crippen LogP contribution in [0.3, 0.4) is 0 Å². The molecule has 0 amide bonds. The van der Waals surface area contributed by atoms with E-state index in [2.05, 4.69) is 20.5 Å². The fourth-order valence-corrected chi connectivity index (χ4v) is 7.05. The molecule has 1 aromatic rings. The molecule has 3 heterocycles. The molecular weight excluding hydrogens is 531 g/mol. The molecule has 6 atom stereocenters. The number of hydrogen-bond acceptors (Lipinski definition) is 9. The number of hydrogen-bond donors (Lipinski definition) is 1. The van der Waals surface area contributed by atoms with E-state index in [1.165, 1.54) is 12.8 Å². The van der Waals surface area contributed by atoms with Crippen LogP contribution >= 0.6 is 24.8 Å². The van der Waals surface area contributed by atoms with Gasteiger partial charge in [-0.25, -0.2) is 0 Å². The van der Waals surface area contributed by atoms with Crippen LogP contribution < -0.4 is 5.32 Å². The van der Waals surface area contributed by atoms with Gasteiger partial charge in [-0.05, 0) is 88.3 Å². The molecule has 0 aromatic carbocycles. The van der Waals surface area contributed by atoms with Crippen molar-refractivity contribution < 1.29 is 19.1 Å². The number of piperidine rings is 1. The zero-order valence-electron chi connectivity index (χ0n) is 22.6. The molecule has 216 valence electrons. The van der Waals surface area contributed by atoms with Gasteiger partial charge in [0.2, 0.25) is 0 Å². The number of rotatable bonds is 8. The summed E-state index contributed by atoms with van der Waals surface area (Å²) in [4.78, 5) is 29.3. The fraction of sp³-hybridized carbons (Fsp3) is 0.885. The SMILES string of the molecule is CCOC(=O)[C@@H]1C[C@H]2C[C@@H](CN3C[C@@H](n4nnc(C5CCCC5)n4)C[C@H]3C(=O)OCC)CC[C@H]2CN1.Cl.Cl. The van der Waals surface area contributed by atoms with E-state index >= 15 is 0 Å². The lowest BCUT2D eigenvalue weighted by Crippen LogP contribution is -2.51. The number of ether oxygens (including phenoxy) is 2. The number of nitrogens with zero attached hydrogens (tertiary/aromatic N) is 5. The quantitative estimate of drug-likeness (QED) is 0.467. The van der Waals surface area contributed by atoms with E-state index in [0.717, 1.165) is 64.0 Å². The maximum absolute atomic E-state index is 12.9. The Hall–Kier alpha value is -1.49. The number of esters is 2. The van der Waals surface area contributed by atoms with Crippen LogP contribution in [0.4, 0.5) is 0 Å². The van der Waals surface area contributed by atoms with Crippen molar-refractivity contribution in [2.24, 2.45) is 17.8 Å². The highest BCUT2D eigenvalue weighted by molar-refractivity contribution is 5.85. The monoisotopic (exact) mass is 574 g/mol. The zero-order chi connectivity index (χ0) is 25.1. The van der Waals surface area contributed by atoms with Gasteiger partial charge < -0.3 is 14.8 Å². The summed E-state index contributed by atoms with van der Waals surface area (Å²) in [6.07, 6.45) is 9.67. The molecule has 0 bridgehead atoms. The Morgan fingerprint density at radius 2 is 1.68 bits per heavy atom. The molecule has 2 aliphatic carbocycles. The molecular formula is C26H44Cl2N6O4. The molecule has 4 fully saturated rings. The van der Waals surface area contributed by atoms with Gasteiger partial charge in [0.1, 0.15) is 12.1 Å². The second kappa shape index (κ2) is 14.2. The maximum atomic E-state index is 12.9. The van der Waals surface area contributed by atoms with Crippen molar-refractivity contribution in [2.45, 2.75) is 95.7 Å². The summed E-state index contributed by atoms with van der Waals surface area (Å²) in [5.74, 6) is 2.65. The Morgan fingerprint density at radius 3 is 2.42 bits per heavy atom. The van der Waals surface area contributed by atoms with Gasteiger partial charge in [0.15, 0.2) is 5.82 Å². The van der Waals surface area contributed by atoms with E-state index in [1.54, 1.807) is 4.80 Å². The summed E-state index contributed by atoms with van der Waals surface area (Å²) in [7, 11) is 0. The summed E-state index contributed by atoms with van der Waals surface area (Å²) in [6.45, 7) is 7.01. The zero-order valence-corrected chi connectivity index (χ0v) is 24.3. The highest BCUT2D eigenvalue weighted by Gasteiger charge is 2.43. The molecule has 0 unspecified atom stereocenters. The molecule has 2 saturated heterocycles. The first-order valence-electron chi connectivity index (χ1n) is 14.2. The van der Waals surface area contributed by atoms with Gasteiger partial charge in [0.25, 0.3) is 0 Å². The summed E-state index contributed by atoms with van der Waals surface area (Å²) >= 11 is 0. The lowest BCUT2D eigenvalue weighted by atomic mass is 9.69. The van der Waals surface area contributed by atoms with Crippen molar-refractivity contribution >= 4 is 36.8 Å². The minimum absolute atomic E-state index is 0. The van der Waals surface area contributed by atoms with Gasteiger partial charge in [-0.1, -0.05) is 12.8 Å². The number of halogens is 2. The van der Waals surface area contributed by atoms with Crippen molar-refractivity contribution in [2.75, 3.05) is 32.8 Å². The number of carbonyl (C=O) groups is 2. The molecule has 2 saturated carbocycles. The van der Waals surface area contributed by atoms with Crippen LogP contribution in [0.2, 0.25) is 0 Å². The second-order valence-electron chi connectivity index (χ2n) is 11.2. The van der Waals surface area contributed by atoms with Crippen LogP contribution in [0.5, 0.6) is 0 Å². The van der Waals surface area contributed by atoms with Gasteiger partial charge in [0, 0.05) is 19.0 Å². The Labute approximate surface area is 238 Å². The van der Waals surface area contributed by atoms with Crippen molar-refractivity contribution in [3.63, 3.8) is 0 Å². The minimum Gasteiger partial charge on any atom is -0.465 e. The third-order valence-electron chi connectivity index (χ3n) is 8.91. The van der Waals surface area contributed by atoms with E-state index < -0.39 is 0 Å². The fourth-order valence-electron chi connectivity index (χ4n) is 7.05. The van der Waals surface area contributed by atoms with Gasteiger partial charge in [-0.2, -0.15) is 4.80 Å². The van der Waals surface area contributed by atoms with Crippen molar-refractivity contribution in [1.29, 1.82) is 0 Å². The highest BCUT2D eigenvalue weighted by atomic mass is 35.5. The van der Waals surface area contributed by atoms with E-state index in [0.29, 0.717) is 43.3 Å². The molecule has 2 aliphatic heterocycles. The molecule has 0 radical (unpaired) electrons. The molecule has 4 aliphatic rings. The molecule has 1 aromatic heterocycles. The van der Waals surface area contributed by atoms with E-state index in [9.17, 15) is 9.59 Å². The first-order valence-corrected chi connectivity index (χ1v) is 14.2. The number of likely N-dealkylation sites (tertiary alicyclic amines) is 1. The minimum atomic E-state index is -0.270. The largest absolute Gasteiger partial charge is 0.465 e. The number of aromatic nitrogens is 4. The number of nitrogens with one attached hydrogen (secondary N) is 1. The Morgan fingerprint density at radius 1 is 0.947 bits per heavy atom. The number of carbonyl (C=O) groups excluding carboxylic acids is 2. The topological polar surface area (TPSA) is 111 Å². The Bertz CT molecular complexity index is 914. The third kappa shape index (κ3) is 6.98. The predicted octanol–water partition coefficient (Wildman–Crippen LogP) is 3.31. The van der Waals surface area contributed by atoms with Crippen LogP contribution in [-0.4, -0.2) is 82.0 Å². The van der Waals surface area contributed by atoms with Crippen molar-refractivity contribution in [1.82, 2.24) is 30.4 Å². The summed E-state index contributed by atoms with van der Waals surface area (Å²) < 4.78 is 10.7. The van der Waals surface area contributed by atoms with Crippen LogP contribution in [0, 0.1) is 17.8 Å². The van der Waals surface area contributed by atoms with Crippen LogP contribution in [-0.2, 0) is 19.1 Å². The summed E-state index contributed by atoms with van der Waals surface area (Å²) in [5.41, 5.74) is 0. The molecule has 38 heavy (non-hydrogen) atoms. The van der Waals surface area contributed by atoms with Crippen LogP contribution in [0.1, 0.15) is 89.4 Å².